The number of allylic oxidation sites excluding steroid dienone is 22. The molecule has 69 heavy (non-hydrogen) atoms. The molecule has 0 aliphatic carbocycles. The van der Waals surface area contributed by atoms with Crippen molar-refractivity contribution in [2.75, 3.05) is 13.2 Å². The Morgan fingerprint density at radius 2 is 0.609 bits per heavy atom. The Labute approximate surface area is 424 Å². The van der Waals surface area contributed by atoms with E-state index in [4.69, 9.17) is 14.2 Å². The van der Waals surface area contributed by atoms with Crippen LogP contribution in [-0.4, -0.2) is 37.2 Å². The van der Waals surface area contributed by atoms with Crippen molar-refractivity contribution in [3.05, 3.63) is 134 Å². The third kappa shape index (κ3) is 54.4. The number of rotatable bonds is 48. The summed E-state index contributed by atoms with van der Waals surface area (Å²) in [5, 5.41) is 0. The molecule has 0 aliphatic heterocycles. The van der Waals surface area contributed by atoms with Crippen molar-refractivity contribution in [1.29, 1.82) is 0 Å². The average molecular weight is 953 g/mol. The fourth-order valence-electron chi connectivity index (χ4n) is 6.98. The van der Waals surface area contributed by atoms with E-state index in [1.54, 1.807) is 0 Å². The van der Waals surface area contributed by atoms with Crippen LogP contribution in [0.5, 0.6) is 0 Å². The smallest absolute Gasteiger partial charge is 0.306 e. The molecule has 0 fully saturated rings. The molecule has 0 spiro atoms. The van der Waals surface area contributed by atoms with Crippen molar-refractivity contribution < 1.29 is 28.6 Å². The zero-order chi connectivity index (χ0) is 50.0. The number of esters is 3. The maximum Gasteiger partial charge on any atom is 0.306 e. The van der Waals surface area contributed by atoms with Gasteiger partial charge in [0.15, 0.2) is 6.10 Å². The molecule has 388 valence electrons. The first-order valence-electron chi connectivity index (χ1n) is 27.7. The first-order valence-corrected chi connectivity index (χ1v) is 27.7. The van der Waals surface area contributed by atoms with Gasteiger partial charge in [-0.05, 0) is 122 Å². The summed E-state index contributed by atoms with van der Waals surface area (Å²) in [4.78, 5) is 38.1. The summed E-state index contributed by atoms with van der Waals surface area (Å²) in [5.41, 5.74) is 0. The van der Waals surface area contributed by atoms with Gasteiger partial charge in [-0.3, -0.25) is 14.4 Å². The summed E-state index contributed by atoms with van der Waals surface area (Å²) >= 11 is 0. The summed E-state index contributed by atoms with van der Waals surface area (Å²) < 4.78 is 16.7. The van der Waals surface area contributed by atoms with Crippen molar-refractivity contribution in [1.82, 2.24) is 0 Å². The molecule has 0 radical (unpaired) electrons. The Kier molecular flexibility index (Phi) is 52.5. The molecule has 0 heterocycles. The van der Waals surface area contributed by atoms with Gasteiger partial charge >= 0.3 is 17.9 Å². The molecule has 0 unspecified atom stereocenters. The first kappa shape index (κ1) is 64.5. The Hall–Kier alpha value is -4.45. The standard InChI is InChI=1S/C63H100O6/c1-4-7-10-13-16-19-22-25-28-30-31-33-36-39-42-45-48-51-54-57-63(66)69-60(58-67-61(64)55-52-49-46-43-40-37-34-27-24-21-18-15-12-9-6-3)59-68-62(65)56-53-50-47-44-41-38-35-32-29-26-23-20-17-14-11-8-5-2/h8,11,16-17,19-20,25-29,31,33-35,38-39,42,44,47-48,51,60H,4-7,9-10,12-15,18,21-24,30,32,36-37,40-41,43,45-46,49-50,52-59H2,1-3H3/b11-8-,19-16-,20-17-,28-25-,29-26-,33-31-,34-27-,38-35-,42-39-,47-44-,51-48-/t60-/m0/s1. The Balaban J connectivity index is 4.63. The minimum Gasteiger partial charge on any atom is -0.462 e. The highest BCUT2D eigenvalue weighted by Crippen LogP contribution is 2.12. The predicted octanol–water partition coefficient (Wildman–Crippen LogP) is 18.6. The predicted molar refractivity (Wildman–Crippen MR) is 297 cm³/mol. The highest BCUT2D eigenvalue weighted by Gasteiger charge is 2.19. The minimum absolute atomic E-state index is 0.134. The molecule has 0 N–H and O–H groups in total. The van der Waals surface area contributed by atoms with Gasteiger partial charge in [-0.2, -0.15) is 0 Å². The minimum atomic E-state index is -0.849. The Bertz CT molecular complexity index is 1510. The maximum absolute atomic E-state index is 12.8. The molecule has 0 aliphatic rings. The van der Waals surface area contributed by atoms with Crippen molar-refractivity contribution >= 4 is 17.9 Å². The number of ether oxygens (including phenoxy) is 3. The zero-order valence-corrected chi connectivity index (χ0v) is 44.3. The summed E-state index contributed by atoms with van der Waals surface area (Å²) in [6.45, 7) is 6.36. The van der Waals surface area contributed by atoms with Gasteiger partial charge in [-0.1, -0.05) is 219 Å². The van der Waals surface area contributed by atoms with Gasteiger partial charge in [-0.15, -0.1) is 0 Å². The molecule has 1 atom stereocenters. The van der Waals surface area contributed by atoms with E-state index in [-0.39, 0.29) is 38.0 Å². The molecule has 0 saturated carbocycles. The number of carbonyl (C=O) groups is 3. The molecule has 0 saturated heterocycles. The van der Waals surface area contributed by atoms with Crippen LogP contribution in [0.4, 0.5) is 0 Å². The lowest BCUT2D eigenvalue weighted by atomic mass is 10.1. The van der Waals surface area contributed by atoms with E-state index >= 15 is 0 Å². The summed E-state index contributed by atoms with van der Waals surface area (Å²) in [6, 6.07) is 0. The van der Waals surface area contributed by atoms with E-state index in [0.717, 1.165) is 96.3 Å². The molecule has 0 rings (SSSR count). The molecular formula is C63H100O6. The van der Waals surface area contributed by atoms with Crippen LogP contribution in [0, 0.1) is 0 Å². The molecule has 0 amide bonds. The van der Waals surface area contributed by atoms with Gasteiger partial charge in [0.2, 0.25) is 0 Å². The van der Waals surface area contributed by atoms with Crippen molar-refractivity contribution in [3.8, 4) is 0 Å². The van der Waals surface area contributed by atoms with Crippen LogP contribution >= 0.6 is 0 Å². The van der Waals surface area contributed by atoms with Crippen LogP contribution in [0.3, 0.4) is 0 Å². The van der Waals surface area contributed by atoms with Gasteiger partial charge in [0, 0.05) is 19.3 Å². The second kappa shape index (κ2) is 56.1. The van der Waals surface area contributed by atoms with Gasteiger partial charge in [0.25, 0.3) is 0 Å². The Morgan fingerprint density at radius 1 is 0.304 bits per heavy atom. The average Bonchev–Trinajstić information content (AvgIpc) is 3.35. The van der Waals surface area contributed by atoms with Gasteiger partial charge < -0.3 is 14.2 Å². The van der Waals surface area contributed by atoms with Gasteiger partial charge in [0.1, 0.15) is 13.2 Å². The lowest BCUT2D eigenvalue weighted by Crippen LogP contribution is -2.30. The molecular weight excluding hydrogens is 853 g/mol. The second-order valence-electron chi connectivity index (χ2n) is 17.7. The van der Waals surface area contributed by atoms with Crippen molar-refractivity contribution in [2.45, 2.75) is 232 Å². The monoisotopic (exact) mass is 953 g/mol. The SMILES string of the molecule is CC/C=C\C/C=C\C/C=C\C/C=C\C/C=C\CCCC(=O)OC[C@H](COC(=O)CCCCCCC/C=C\CCCCCCCC)OC(=O)CC/C=C\C/C=C\C/C=C\C/C=C\C/C=C\CCCCC. The first-order chi connectivity index (χ1) is 34.0. The fraction of sp³-hybridized carbons (Fsp3) is 0.603. The van der Waals surface area contributed by atoms with Gasteiger partial charge in [0.05, 0.1) is 0 Å². The number of hydrogen-bond acceptors (Lipinski definition) is 6. The summed E-state index contributed by atoms with van der Waals surface area (Å²) in [6.07, 6.45) is 78.8. The van der Waals surface area contributed by atoms with Crippen LogP contribution in [0.1, 0.15) is 226 Å². The molecule has 6 nitrogen and oxygen atoms in total. The van der Waals surface area contributed by atoms with E-state index in [9.17, 15) is 14.4 Å². The van der Waals surface area contributed by atoms with Gasteiger partial charge in [-0.25, -0.2) is 0 Å². The Morgan fingerprint density at radius 3 is 1.04 bits per heavy atom. The van der Waals surface area contributed by atoms with Crippen molar-refractivity contribution in [2.24, 2.45) is 0 Å². The van der Waals surface area contributed by atoms with Crippen molar-refractivity contribution in [3.63, 3.8) is 0 Å². The largest absolute Gasteiger partial charge is 0.462 e. The third-order valence-electron chi connectivity index (χ3n) is 11.1. The maximum atomic E-state index is 12.8. The van der Waals surface area contributed by atoms with Crippen LogP contribution < -0.4 is 0 Å². The number of unbranched alkanes of at least 4 members (excludes halogenated alkanes) is 15. The lowest BCUT2D eigenvalue weighted by Gasteiger charge is -2.18. The molecule has 0 aromatic carbocycles. The van der Waals surface area contributed by atoms with Crippen LogP contribution in [0.15, 0.2) is 134 Å². The van der Waals surface area contributed by atoms with E-state index in [2.05, 4.69) is 142 Å². The molecule has 0 aromatic rings. The van der Waals surface area contributed by atoms with Crippen LogP contribution in [-0.2, 0) is 28.6 Å². The fourth-order valence-corrected chi connectivity index (χ4v) is 6.98. The number of carbonyl (C=O) groups excluding carboxylic acids is 3. The molecule has 6 heteroatoms. The van der Waals surface area contributed by atoms with E-state index in [1.165, 1.54) is 77.0 Å². The van der Waals surface area contributed by atoms with Crippen LogP contribution in [0.2, 0.25) is 0 Å². The van der Waals surface area contributed by atoms with E-state index in [1.807, 2.05) is 12.2 Å². The third-order valence-corrected chi connectivity index (χ3v) is 11.1. The summed E-state index contributed by atoms with van der Waals surface area (Å²) in [5.74, 6) is -1.09. The molecule has 0 aromatic heterocycles. The second-order valence-corrected chi connectivity index (χ2v) is 17.7. The zero-order valence-electron chi connectivity index (χ0n) is 44.3. The summed E-state index contributed by atoms with van der Waals surface area (Å²) in [7, 11) is 0. The van der Waals surface area contributed by atoms with Crippen LogP contribution in [0.25, 0.3) is 0 Å². The van der Waals surface area contributed by atoms with E-state index < -0.39 is 12.1 Å². The van der Waals surface area contributed by atoms with E-state index in [0.29, 0.717) is 19.3 Å². The topological polar surface area (TPSA) is 78.9 Å². The highest BCUT2D eigenvalue weighted by atomic mass is 16.6. The quantitative estimate of drug-likeness (QED) is 0.0262. The number of hydrogen-bond donors (Lipinski definition) is 0. The lowest BCUT2D eigenvalue weighted by molar-refractivity contribution is -0.166. The molecule has 0 bridgehead atoms. The highest BCUT2D eigenvalue weighted by molar-refractivity contribution is 5.71. The normalized spacial score (nSPS) is 13.1.